The molecule has 20 heavy (non-hydrogen) atoms. The van der Waals surface area contributed by atoms with E-state index in [1.54, 1.807) is 0 Å². The van der Waals surface area contributed by atoms with Crippen LogP contribution in [0.5, 0.6) is 0 Å². The molecule has 0 aromatic heterocycles. The van der Waals surface area contributed by atoms with E-state index in [-0.39, 0.29) is 18.7 Å². The van der Waals surface area contributed by atoms with Crippen LogP contribution in [0.4, 0.5) is 13.6 Å². The lowest BCUT2D eigenvalue weighted by Gasteiger charge is -2.14. The van der Waals surface area contributed by atoms with Gasteiger partial charge >= 0.3 is 12.0 Å². The fraction of sp³-hybridized carbons (Fsp3) is 0.333. The predicted molar refractivity (Wildman–Crippen MR) is 65.0 cm³/mol. The van der Waals surface area contributed by atoms with Crippen LogP contribution in [-0.2, 0) is 16.1 Å². The SMILES string of the molecule is COCC(NC(=O)NCc1cc(F)ccc1F)C(=O)O. The molecule has 0 fully saturated rings. The Morgan fingerprint density at radius 1 is 1.40 bits per heavy atom. The summed E-state index contributed by atoms with van der Waals surface area (Å²) >= 11 is 0. The third-order valence-electron chi connectivity index (χ3n) is 2.38. The van der Waals surface area contributed by atoms with E-state index in [1.165, 1.54) is 7.11 Å². The quantitative estimate of drug-likeness (QED) is 0.724. The van der Waals surface area contributed by atoms with E-state index in [0.717, 1.165) is 18.2 Å². The molecule has 1 rings (SSSR count). The van der Waals surface area contributed by atoms with E-state index in [9.17, 15) is 18.4 Å². The van der Waals surface area contributed by atoms with E-state index in [4.69, 9.17) is 5.11 Å². The van der Waals surface area contributed by atoms with Crippen molar-refractivity contribution in [2.75, 3.05) is 13.7 Å². The van der Waals surface area contributed by atoms with E-state index < -0.39 is 29.7 Å². The topological polar surface area (TPSA) is 87.7 Å². The van der Waals surface area contributed by atoms with Crippen molar-refractivity contribution in [3.05, 3.63) is 35.4 Å². The van der Waals surface area contributed by atoms with Gasteiger partial charge in [-0.3, -0.25) is 0 Å². The Morgan fingerprint density at radius 2 is 2.10 bits per heavy atom. The zero-order valence-corrected chi connectivity index (χ0v) is 10.7. The minimum absolute atomic E-state index is 0.0428. The molecule has 1 unspecified atom stereocenters. The maximum absolute atomic E-state index is 13.3. The summed E-state index contributed by atoms with van der Waals surface area (Å²) < 4.78 is 30.8. The lowest BCUT2D eigenvalue weighted by molar-refractivity contribution is -0.140. The zero-order chi connectivity index (χ0) is 15.1. The third-order valence-corrected chi connectivity index (χ3v) is 2.38. The van der Waals surface area contributed by atoms with E-state index in [2.05, 4.69) is 15.4 Å². The smallest absolute Gasteiger partial charge is 0.328 e. The number of halogens is 2. The molecule has 0 saturated carbocycles. The fourth-order valence-electron chi connectivity index (χ4n) is 1.40. The van der Waals surface area contributed by atoms with Gasteiger partial charge in [-0.25, -0.2) is 18.4 Å². The second-order valence-corrected chi connectivity index (χ2v) is 3.91. The van der Waals surface area contributed by atoms with Crippen molar-refractivity contribution in [3.8, 4) is 0 Å². The molecule has 0 aliphatic heterocycles. The van der Waals surface area contributed by atoms with Crippen LogP contribution in [0.25, 0.3) is 0 Å². The summed E-state index contributed by atoms with van der Waals surface area (Å²) in [4.78, 5) is 22.2. The number of rotatable bonds is 6. The van der Waals surface area contributed by atoms with Gasteiger partial charge in [0.1, 0.15) is 11.6 Å². The second-order valence-electron chi connectivity index (χ2n) is 3.91. The number of amides is 2. The van der Waals surface area contributed by atoms with Gasteiger partial charge in [-0.2, -0.15) is 0 Å². The number of hydrogen-bond donors (Lipinski definition) is 3. The second kappa shape index (κ2) is 7.39. The lowest BCUT2D eigenvalue weighted by Crippen LogP contribution is -2.48. The Kier molecular flexibility index (Phi) is 5.85. The Hall–Kier alpha value is -2.22. The highest BCUT2D eigenvalue weighted by Gasteiger charge is 2.19. The summed E-state index contributed by atoms with van der Waals surface area (Å²) in [6.45, 7) is -0.480. The first-order valence-electron chi connectivity index (χ1n) is 5.64. The van der Waals surface area contributed by atoms with Crippen molar-refractivity contribution >= 4 is 12.0 Å². The number of ether oxygens (including phenoxy) is 1. The lowest BCUT2D eigenvalue weighted by atomic mass is 10.2. The average Bonchev–Trinajstić information content (AvgIpc) is 2.39. The number of carboxylic acid groups (broad SMARTS) is 1. The van der Waals surface area contributed by atoms with Gasteiger partial charge in [0.05, 0.1) is 6.61 Å². The minimum atomic E-state index is -1.26. The summed E-state index contributed by atoms with van der Waals surface area (Å²) in [6, 6.07) is 0.794. The van der Waals surface area contributed by atoms with Gasteiger partial charge < -0.3 is 20.5 Å². The molecule has 110 valence electrons. The molecule has 6 nitrogen and oxygen atoms in total. The maximum Gasteiger partial charge on any atom is 0.328 e. The van der Waals surface area contributed by atoms with Gasteiger partial charge in [-0.05, 0) is 18.2 Å². The molecular weight excluding hydrogens is 274 g/mol. The van der Waals surface area contributed by atoms with Gasteiger partial charge in [0.15, 0.2) is 6.04 Å². The number of urea groups is 1. The van der Waals surface area contributed by atoms with Crippen LogP contribution in [0.2, 0.25) is 0 Å². The van der Waals surface area contributed by atoms with E-state index in [0.29, 0.717) is 0 Å². The number of hydrogen-bond acceptors (Lipinski definition) is 3. The van der Waals surface area contributed by atoms with Crippen LogP contribution in [0, 0.1) is 11.6 Å². The highest BCUT2D eigenvalue weighted by Crippen LogP contribution is 2.08. The molecule has 0 aliphatic rings. The summed E-state index contributed by atoms with van der Waals surface area (Å²) in [6.07, 6.45) is 0. The van der Waals surface area contributed by atoms with Crippen LogP contribution in [0.15, 0.2) is 18.2 Å². The molecule has 0 spiro atoms. The minimum Gasteiger partial charge on any atom is -0.480 e. The molecule has 0 saturated heterocycles. The molecular formula is C12H14F2N2O4. The average molecular weight is 288 g/mol. The number of carbonyl (C=O) groups is 2. The van der Waals surface area contributed by atoms with Crippen molar-refractivity contribution in [1.29, 1.82) is 0 Å². The van der Waals surface area contributed by atoms with Gasteiger partial charge in [-0.15, -0.1) is 0 Å². The van der Waals surface area contributed by atoms with Crippen molar-refractivity contribution < 1.29 is 28.2 Å². The van der Waals surface area contributed by atoms with Crippen molar-refractivity contribution in [2.45, 2.75) is 12.6 Å². The van der Waals surface area contributed by atoms with Gasteiger partial charge in [0, 0.05) is 19.2 Å². The first kappa shape index (κ1) is 15.8. The van der Waals surface area contributed by atoms with Crippen LogP contribution in [0.3, 0.4) is 0 Å². The molecule has 0 bridgehead atoms. The Labute approximate surface area is 113 Å². The van der Waals surface area contributed by atoms with Gasteiger partial charge in [0.2, 0.25) is 0 Å². The van der Waals surface area contributed by atoms with E-state index in [1.807, 2.05) is 0 Å². The first-order chi connectivity index (χ1) is 9.43. The molecule has 0 aliphatic carbocycles. The molecule has 0 heterocycles. The zero-order valence-electron chi connectivity index (χ0n) is 10.7. The van der Waals surface area contributed by atoms with Gasteiger partial charge in [0.25, 0.3) is 0 Å². The first-order valence-corrected chi connectivity index (χ1v) is 5.64. The monoisotopic (exact) mass is 288 g/mol. The molecule has 1 aromatic carbocycles. The van der Waals surface area contributed by atoms with Gasteiger partial charge in [-0.1, -0.05) is 0 Å². The molecule has 3 N–H and O–H groups in total. The Bertz CT molecular complexity index is 496. The van der Waals surface area contributed by atoms with Crippen LogP contribution in [0.1, 0.15) is 5.56 Å². The van der Waals surface area contributed by atoms with Crippen LogP contribution in [-0.4, -0.2) is 36.9 Å². The molecule has 2 amide bonds. The number of methoxy groups -OCH3 is 1. The normalized spacial score (nSPS) is 11.8. The maximum atomic E-state index is 13.3. The summed E-state index contributed by atoms with van der Waals surface area (Å²) in [7, 11) is 1.29. The highest BCUT2D eigenvalue weighted by atomic mass is 19.1. The van der Waals surface area contributed by atoms with Crippen molar-refractivity contribution in [3.63, 3.8) is 0 Å². The number of aliphatic carboxylic acids is 1. The molecule has 1 atom stereocenters. The number of carboxylic acids is 1. The molecule has 1 aromatic rings. The fourth-order valence-corrected chi connectivity index (χ4v) is 1.40. The summed E-state index contributed by atoms with van der Waals surface area (Å²) in [5.41, 5.74) is -0.0428. The molecule has 8 heteroatoms. The number of carbonyl (C=O) groups excluding carboxylic acids is 1. The number of benzene rings is 1. The van der Waals surface area contributed by atoms with E-state index >= 15 is 0 Å². The summed E-state index contributed by atoms with van der Waals surface area (Å²) in [5.74, 6) is -2.57. The van der Waals surface area contributed by atoms with Crippen molar-refractivity contribution in [2.24, 2.45) is 0 Å². The predicted octanol–water partition coefficient (Wildman–Crippen LogP) is 0.864. The molecule has 0 radical (unpaired) electrons. The Balaban J connectivity index is 2.54. The van der Waals surface area contributed by atoms with Crippen LogP contribution >= 0.6 is 0 Å². The standard InChI is InChI=1S/C12H14F2N2O4/c1-20-6-10(11(17)18)16-12(19)15-5-7-4-8(13)2-3-9(7)14/h2-4,10H,5-6H2,1H3,(H,17,18)(H2,15,16,19). The third kappa shape index (κ3) is 4.81. The van der Waals surface area contributed by atoms with Crippen LogP contribution < -0.4 is 10.6 Å². The number of nitrogens with one attached hydrogen (secondary N) is 2. The largest absolute Gasteiger partial charge is 0.480 e. The highest BCUT2D eigenvalue weighted by molar-refractivity contribution is 5.82. The Morgan fingerprint density at radius 3 is 2.70 bits per heavy atom. The van der Waals surface area contributed by atoms with Crippen molar-refractivity contribution in [1.82, 2.24) is 10.6 Å². The summed E-state index contributed by atoms with van der Waals surface area (Å²) in [5, 5.41) is 13.2.